The van der Waals surface area contributed by atoms with E-state index >= 15 is 0 Å². The number of carbonyl (C=O) groups excluding carboxylic acids is 1. The predicted octanol–water partition coefficient (Wildman–Crippen LogP) is 7.81. The molecule has 3 atom stereocenters. The van der Waals surface area contributed by atoms with Crippen LogP contribution in [0, 0.1) is 11.8 Å². The van der Waals surface area contributed by atoms with Crippen LogP contribution < -0.4 is 24.2 Å². The lowest BCUT2D eigenvalue weighted by Gasteiger charge is -2.48. The fraction of sp³-hybridized carbons (Fsp3) is 0.514. The Morgan fingerprint density at radius 3 is 2.59 bits per heavy atom. The lowest BCUT2D eigenvalue weighted by Crippen LogP contribution is -2.59. The summed E-state index contributed by atoms with van der Waals surface area (Å²) < 4.78 is 83.9. The van der Waals surface area contributed by atoms with Gasteiger partial charge >= 0.3 is 15.5 Å². The molecule has 1 spiro atoms. The number of pyridine rings is 1. The van der Waals surface area contributed by atoms with Crippen molar-refractivity contribution in [1.29, 1.82) is 0 Å². The summed E-state index contributed by atoms with van der Waals surface area (Å²) in [5, 5.41) is 3.46. The average molecular weight is 748 g/mol. The van der Waals surface area contributed by atoms with Gasteiger partial charge in [-0.3, -0.25) is 9.78 Å². The summed E-state index contributed by atoms with van der Waals surface area (Å²) in [5.41, 5.74) is -2.91. The molecule has 1 saturated carbocycles. The molecule has 3 aromatic rings. The second-order valence-electron chi connectivity index (χ2n) is 14.6. The summed E-state index contributed by atoms with van der Waals surface area (Å²) in [6.45, 7) is 4.97. The van der Waals surface area contributed by atoms with Gasteiger partial charge in [0.05, 0.1) is 6.61 Å². The van der Waals surface area contributed by atoms with Crippen molar-refractivity contribution < 1.29 is 40.6 Å². The van der Waals surface area contributed by atoms with Crippen molar-refractivity contribution in [3.8, 4) is 17.2 Å². The number of nitrogens with one attached hydrogen (secondary N) is 2. The second kappa shape index (κ2) is 13.4. The zero-order valence-electron chi connectivity index (χ0n) is 28.4. The summed E-state index contributed by atoms with van der Waals surface area (Å²) in [5.74, 6) is 1.53. The maximum atomic E-state index is 13.7. The molecule has 1 fully saturated rings. The molecule has 2 aromatic carbocycles. The molecule has 14 heteroatoms. The summed E-state index contributed by atoms with van der Waals surface area (Å²) >= 11 is 6.21. The summed E-state index contributed by atoms with van der Waals surface area (Å²) in [4.78, 5) is 18.3. The Labute approximate surface area is 300 Å². The first-order valence-corrected chi connectivity index (χ1v) is 19.3. The van der Waals surface area contributed by atoms with E-state index in [1.807, 2.05) is 24.4 Å². The second-order valence-corrected chi connectivity index (χ2v) is 16.7. The SMILES string of the molecule is C[C@@H](COc1ccnc2c1[C@H](C)CCC2)CC1Cc2cc3c(cc2C12CCC(Nc1cccc(Cl)c1)(C(=O)NS(=O)(=O)C(F)(F)F)CC2)OCO3. The molecule has 1 aromatic heterocycles. The first kappa shape index (κ1) is 35.7. The average Bonchev–Trinajstić information content (AvgIpc) is 3.65. The molecule has 1 aliphatic heterocycles. The smallest absolute Gasteiger partial charge is 0.493 e. The maximum Gasteiger partial charge on any atom is 0.516 e. The van der Waals surface area contributed by atoms with E-state index < -0.39 is 32.4 Å². The number of aromatic nitrogens is 1. The standard InChI is InChI=1S/C37H41ClF3N3O6S/c1-22(20-48-30-9-14-42-29-8-3-5-23(2)33(29)30)15-25-16-24-17-31-32(50-21-49-31)19-28(24)35(25)10-12-36(13-11-35,43-27-7-4-6-26(38)18-27)34(45)44-51(46,47)37(39,40)41/h4,6-7,9,14,17-19,22-23,25,43H,3,5,8,10-13,15-16,20-21H2,1-2H3,(H,44,45)/t22-,23-,25?,35?,36?/m1/s1. The molecule has 0 saturated heterocycles. The number of nitrogens with zero attached hydrogens (tertiary/aromatic N) is 1. The predicted molar refractivity (Wildman–Crippen MR) is 186 cm³/mol. The molecule has 51 heavy (non-hydrogen) atoms. The molecule has 1 amide bonds. The Hall–Kier alpha value is -3.71. The number of amides is 1. The first-order valence-electron chi connectivity index (χ1n) is 17.4. The van der Waals surface area contributed by atoms with Crippen molar-refractivity contribution >= 4 is 33.2 Å². The van der Waals surface area contributed by atoms with Gasteiger partial charge in [-0.15, -0.1) is 0 Å². The van der Waals surface area contributed by atoms with E-state index in [0.717, 1.165) is 54.7 Å². The highest BCUT2D eigenvalue weighted by molar-refractivity contribution is 7.90. The van der Waals surface area contributed by atoms with E-state index in [9.17, 15) is 26.4 Å². The third-order valence-corrected chi connectivity index (χ3v) is 12.6. The lowest BCUT2D eigenvalue weighted by atomic mass is 9.59. The number of halogens is 4. The maximum absolute atomic E-state index is 13.7. The quantitative estimate of drug-likeness (QED) is 0.228. The minimum Gasteiger partial charge on any atom is -0.493 e. The topological polar surface area (TPSA) is 116 Å². The number of anilines is 1. The number of ether oxygens (including phenoxy) is 3. The van der Waals surface area contributed by atoms with Gasteiger partial charge in [0.2, 0.25) is 6.79 Å². The number of hydrogen-bond acceptors (Lipinski definition) is 8. The van der Waals surface area contributed by atoms with Crippen LogP contribution in [0.4, 0.5) is 18.9 Å². The summed E-state index contributed by atoms with van der Waals surface area (Å²) in [7, 11) is -5.95. The van der Waals surface area contributed by atoms with E-state index in [1.54, 1.807) is 24.3 Å². The number of benzene rings is 2. The van der Waals surface area contributed by atoms with Crippen molar-refractivity contribution in [2.24, 2.45) is 11.8 Å². The third kappa shape index (κ3) is 6.71. The minimum atomic E-state index is -5.95. The van der Waals surface area contributed by atoms with Gasteiger partial charge < -0.3 is 19.5 Å². The Morgan fingerprint density at radius 1 is 1.12 bits per heavy atom. The van der Waals surface area contributed by atoms with Gasteiger partial charge in [-0.2, -0.15) is 21.6 Å². The Morgan fingerprint density at radius 2 is 1.86 bits per heavy atom. The minimum absolute atomic E-state index is 0.0645. The molecule has 2 heterocycles. The number of sulfonamides is 1. The van der Waals surface area contributed by atoms with Gasteiger partial charge in [-0.1, -0.05) is 31.5 Å². The van der Waals surface area contributed by atoms with Gasteiger partial charge in [0.15, 0.2) is 11.5 Å². The highest BCUT2D eigenvalue weighted by atomic mass is 35.5. The van der Waals surface area contributed by atoms with Crippen LogP contribution in [0.3, 0.4) is 0 Å². The van der Waals surface area contributed by atoms with Crippen LogP contribution in [-0.4, -0.2) is 43.8 Å². The van der Waals surface area contributed by atoms with Crippen LogP contribution in [0.1, 0.15) is 87.1 Å². The van der Waals surface area contributed by atoms with Crippen molar-refractivity contribution in [1.82, 2.24) is 9.71 Å². The highest BCUT2D eigenvalue weighted by Gasteiger charge is 2.56. The van der Waals surface area contributed by atoms with Gasteiger partial charge in [-0.05, 0) is 128 Å². The number of alkyl halides is 3. The number of hydrogen-bond donors (Lipinski definition) is 2. The van der Waals surface area contributed by atoms with Crippen LogP contribution in [-0.2, 0) is 33.1 Å². The Balaban J connectivity index is 1.17. The Bertz CT molecular complexity index is 1930. The molecule has 274 valence electrons. The van der Waals surface area contributed by atoms with Crippen LogP contribution >= 0.6 is 11.6 Å². The van der Waals surface area contributed by atoms with E-state index in [4.69, 9.17) is 25.8 Å². The van der Waals surface area contributed by atoms with Crippen molar-refractivity contribution in [3.05, 3.63) is 76.1 Å². The molecule has 9 nitrogen and oxygen atoms in total. The normalized spacial score (nSPS) is 25.9. The highest BCUT2D eigenvalue weighted by Crippen LogP contribution is 2.58. The molecule has 4 aliphatic rings. The number of fused-ring (bicyclic) bond motifs is 4. The molecule has 3 aliphatic carbocycles. The van der Waals surface area contributed by atoms with Gasteiger partial charge in [0, 0.05) is 28.2 Å². The van der Waals surface area contributed by atoms with Crippen LogP contribution in [0.2, 0.25) is 5.02 Å². The summed E-state index contributed by atoms with van der Waals surface area (Å²) in [6, 6.07) is 12.4. The fourth-order valence-electron chi connectivity index (χ4n) is 8.79. The van der Waals surface area contributed by atoms with Crippen LogP contribution in [0.25, 0.3) is 0 Å². The van der Waals surface area contributed by atoms with E-state index in [-0.39, 0.29) is 31.5 Å². The first-order chi connectivity index (χ1) is 24.2. The van der Waals surface area contributed by atoms with Gasteiger partial charge in [-0.25, -0.2) is 4.72 Å². The van der Waals surface area contributed by atoms with Crippen molar-refractivity contribution in [3.63, 3.8) is 0 Å². The number of carbonyl (C=O) groups is 1. The molecule has 7 rings (SSSR count). The van der Waals surface area contributed by atoms with E-state index in [2.05, 4.69) is 24.1 Å². The van der Waals surface area contributed by atoms with Crippen LogP contribution in [0.15, 0.2) is 48.7 Å². The fourth-order valence-corrected chi connectivity index (χ4v) is 9.54. The van der Waals surface area contributed by atoms with Crippen LogP contribution in [0.5, 0.6) is 17.2 Å². The van der Waals surface area contributed by atoms with E-state index in [0.29, 0.717) is 47.6 Å². The zero-order chi connectivity index (χ0) is 36.2. The van der Waals surface area contributed by atoms with Crippen molar-refractivity contribution in [2.45, 2.75) is 94.0 Å². The summed E-state index contributed by atoms with van der Waals surface area (Å²) in [6.07, 6.45) is 7.42. The lowest BCUT2D eigenvalue weighted by molar-refractivity contribution is -0.126. The van der Waals surface area contributed by atoms with Gasteiger partial charge in [0.25, 0.3) is 5.91 Å². The van der Waals surface area contributed by atoms with E-state index in [1.165, 1.54) is 10.3 Å². The largest absolute Gasteiger partial charge is 0.516 e. The van der Waals surface area contributed by atoms with Gasteiger partial charge in [0.1, 0.15) is 11.3 Å². The molecule has 0 bridgehead atoms. The molecular formula is C37H41ClF3N3O6S. The third-order valence-electron chi connectivity index (χ3n) is 11.3. The Kier molecular flexibility index (Phi) is 9.35. The molecule has 1 unspecified atom stereocenters. The number of aryl methyl sites for hydroxylation is 1. The monoisotopic (exact) mass is 747 g/mol. The zero-order valence-corrected chi connectivity index (χ0v) is 30.0. The molecular weight excluding hydrogens is 707 g/mol. The number of rotatable bonds is 9. The molecule has 2 N–H and O–H groups in total. The van der Waals surface area contributed by atoms with Crippen molar-refractivity contribution in [2.75, 3.05) is 18.7 Å². The molecule has 0 radical (unpaired) electrons.